The molecule has 0 bridgehead atoms. The minimum Gasteiger partial charge on any atom is -0.238 e. The molecule has 1 fully saturated rings. The highest BCUT2D eigenvalue weighted by atomic mass is 32.2. The van der Waals surface area contributed by atoms with Crippen LogP contribution in [0, 0.1) is 5.92 Å². The highest BCUT2D eigenvalue weighted by Crippen LogP contribution is 2.21. The summed E-state index contributed by atoms with van der Waals surface area (Å²) in [6, 6.07) is 0. The smallest absolute Gasteiger partial charge is 0.238 e. The van der Waals surface area contributed by atoms with Crippen molar-refractivity contribution in [3.63, 3.8) is 0 Å². The monoisotopic (exact) mass is 335 g/mol. The van der Waals surface area contributed by atoms with Gasteiger partial charge in [-0.2, -0.15) is 12.7 Å². The van der Waals surface area contributed by atoms with Crippen LogP contribution in [0.2, 0.25) is 0 Å². The number of nitrogens with one attached hydrogen (secondary N) is 1. The highest BCUT2D eigenvalue weighted by molar-refractivity contribution is 8.01. The maximum atomic E-state index is 12.1. The summed E-state index contributed by atoms with van der Waals surface area (Å²) in [5.41, 5.74) is 0. The van der Waals surface area contributed by atoms with Gasteiger partial charge in [0.25, 0.3) is 10.2 Å². The SMILES string of the molecule is C[C@H]1CCCN(S(=O)(=O)NCCCSc2nccs2)C1. The summed E-state index contributed by atoms with van der Waals surface area (Å²) in [6.07, 6.45) is 4.68. The number of thiazole rings is 1. The molecule has 0 spiro atoms. The number of thioether (sulfide) groups is 1. The first-order valence-corrected chi connectivity index (χ1v) is 10.2. The molecule has 1 atom stereocenters. The fraction of sp³-hybridized carbons (Fsp3) is 0.750. The molecule has 0 aromatic carbocycles. The Kier molecular flexibility index (Phi) is 6.28. The van der Waals surface area contributed by atoms with Crippen molar-refractivity contribution in [1.82, 2.24) is 14.0 Å². The Hall–Kier alpha value is -0.150. The van der Waals surface area contributed by atoms with Crippen molar-refractivity contribution >= 4 is 33.3 Å². The molecule has 0 unspecified atom stereocenters. The number of rotatable bonds is 7. The van der Waals surface area contributed by atoms with Gasteiger partial charge in [0.05, 0.1) is 0 Å². The summed E-state index contributed by atoms with van der Waals surface area (Å²) in [7, 11) is -3.29. The average molecular weight is 336 g/mol. The van der Waals surface area contributed by atoms with Crippen LogP contribution in [0.15, 0.2) is 15.9 Å². The zero-order chi connectivity index (χ0) is 14.4. The van der Waals surface area contributed by atoms with Crippen molar-refractivity contribution in [2.45, 2.75) is 30.5 Å². The van der Waals surface area contributed by atoms with Gasteiger partial charge >= 0.3 is 0 Å². The highest BCUT2D eigenvalue weighted by Gasteiger charge is 2.26. The summed E-state index contributed by atoms with van der Waals surface area (Å²) in [5, 5.41) is 1.95. The molecular weight excluding hydrogens is 314 g/mol. The van der Waals surface area contributed by atoms with E-state index in [0.717, 1.165) is 29.4 Å². The Bertz CT molecular complexity index is 490. The van der Waals surface area contributed by atoms with E-state index in [1.54, 1.807) is 33.6 Å². The second-order valence-corrected chi connectivity index (χ2v) is 9.00. The topological polar surface area (TPSA) is 62.3 Å². The van der Waals surface area contributed by atoms with E-state index in [-0.39, 0.29) is 0 Å². The van der Waals surface area contributed by atoms with E-state index in [1.807, 2.05) is 5.38 Å². The van der Waals surface area contributed by atoms with Gasteiger partial charge in [-0.3, -0.25) is 0 Å². The molecule has 0 aliphatic carbocycles. The summed E-state index contributed by atoms with van der Waals surface area (Å²) >= 11 is 3.29. The van der Waals surface area contributed by atoms with E-state index in [4.69, 9.17) is 0 Å². The molecule has 1 aliphatic rings. The summed E-state index contributed by atoms with van der Waals surface area (Å²) in [4.78, 5) is 4.18. The Morgan fingerprint density at radius 1 is 1.60 bits per heavy atom. The first kappa shape index (κ1) is 16.2. The van der Waals surface area contributed by atoms with Gasteiger partial charge < -0.3 is 0 Å². The lowest BCUT2D eigenvalue weighted by atomic mass is 10.0. The molecule has 20 heavy (non-hydrogen) atoms. The third kappa shape index (κ3) is 5.00. The molecule has 2 rings (SSSR count). The normalized spacial score (nSPS) is 21.1. The third-order valence-electron chi connectivity index (χ3n) is 3.20. The predicted molar refractivity (Wildman–Crippen MR) is 84.3 cm³/mol. The van der Waals surface area contributed by atoms with Gasteiger partial charge in [-0.25, -0.2) is 9.71 Å². The van der Waals surface area contributed by atoms with Crippen LogP contribution in [0.1, 0.15) is 26.2 Å². The Morgan fingerprint density at radius 3 is 3.15 bits per heavy atom. The Balaban J connectivity index is 1.67. The molecule has 0 saturated carbocycles. The lowest BCUT2D eigenvalue weighted by molar-refractivity contribution is 0.278. The lowest BCUT2D eigenvalue weighted by Crippen LogP contribution is -2.45. The number of aromatic nitrogens is 1. The first-order chi connectivity index (χ1) is 9.58. The third-order valence-corrected chi connectivity index (χ3v) is 6.83. The number of nitrogens with zero attached hydrogens (tertiary/aromatic N) is 2. The second kappa shape index (κ2) is 7.74. The zero-order valence-electron chi connectivity index (χ0n) is 11.6. The van der Waals surface area contributed by atoms with E-state index < -0.39 is 10.2 Å². The van der Waals surface area contributed by atoms with Crippen LogP contribution >= 0.6 is 23.1 Å². The number of piperidine rings is 1. The summed E-state index contributed by atoms with van der Waals surface area (Å²) < 4.78 is 29.6. The Labute approximate surface area is 129 Å². The Morgan fingerprint density at radius 2 is 2.45 bits per heavy atom. The van der Waals surface area contributed by atoms with Crippen LogP contribution in [0.3, 0.4) is 0 Å². The fourth-order valence-corrected chi connectivity index (χ4v) is 5.22. The molecule has 1 saturated heterocycles. The van der Waals surface area contributed by atoms with Crippen LogP contribution in [0.25, 0.3) is 0 Å². The van der Waals surface area contributed by atoms with Gasteiger partial charge in [0.2, 0.25) is 0 Å². The zero-order valence-corrected chi connectivity index (χ0v) is 14.1. The van der Waals surface area contributed by atoms with Crippen molar-refractivity contribution in [3.05, 3.63) is 11.6 Å². The van der Waals surface area contributed by atoms with E-state index in [1.165, 1.54) is 0 Å². The molecule has 2 heterocycles. The lowest BCUT2D eigenvalue weighted by Gasteiger charge is -2.29. The molecular formula is C12H21N3O2S3. The van der Waals surface area contributed by atoms with Crippen molar-refractivity contribution in [1.29, 1.82) is 0 Å². The van der Waals surface area contributed by atoms with Gasteiger partial charge in [-0.1, -0.05) is 18.7 Å². The van der Waals surface area contributed by atoms with E-state index in [9.17, 15) is 8.42 Å². The molecule has 8 heteroatoms. The summed E-state index contributed by atoms with van der Waals surface area (Å²) in [5.74, 6) is 1.34. The predicted octanol–water partition coefficient (Wildman–Crippen LogP) is 2.19. The minimum atomic E-state index is -3.29. The van der Waals surface area contributed by atoms with E-state index in [0.29, 0.717) is 25.6 Å². The van der Waals surface area contributed by atoms with Crippen LogP contribution in [0.5, 0.6) is 0 Å². The summed E-state index contributed by atoms with van der Waals surface area (Å²) in [6.45, 7) is 3.88. The minimum absolute atomic E-state index is 0.459. The quantitative estimate of drug-likeness (QED) is 0.613. The maximum absolute atomic E-state index is 12.1. The molecule has 0 amide bonds. The van der Waals surface area contributed by atoms with Gasteiger partial charge in [-0.05, 0) is 25.2 Å². The molecule has 1 aromatic rings. The van der Waals surface area contributed by atoms with E-state index >= 15 is 0 Å². The molecule has 5 nitrogen and oxygen atoms in total. The number of hydrogen-bond donors (Lipinski definition) is 1. The molecule has 1 N–H and O–H groups in total. The molecule has 1 aliphatic heterocycles. The maximum Gasteiger partial charge on any atom is 0.279 e. The molecule has 0 radical (unpaired) electrons. The van der Waals surface area contributed by atoms with Crippen molar-refractivity contribution in [2.75, 3.05) is 25.4 Å². The second-order valence-electron chi connectivity index (χ2n) is 5.00. The van der Waals surface area contributed by atoms with Crippen molar-refractivity contribution in [2.24, 2.45) is 5.92 Å². The molecule has 1 aromatic heterocycles. The van der Waals surface area contributed by atoms with Crippen LogP contribution in [0.4, 0.5) is 0 Å². The first-order valence-electron chi connectivity index (χ1n) is 6.85. The van der Waals surface area contributed by atoms with Gasteiger partial charge in [0, 0.05) is 37.0 Å². The fourth-order valence-electron chi connectivity index (χ4n) is 2.17. The van der Waals surface area contributed by atoms with E-state index in [2.05, 4.69) is 16.6 Å². The van der Waals surface area contributed by atoms with Gasteiger partial charge in [-0.15, -0.1) is 11.3 Å². The largest absolute Gasteiger partial charge is 0.279 e. The van der Waals surface area contributed by atoms with Crippen molar-refractivity contribution in [3.8, 4) is 0 Å². The standard InChI is InChI=1S/C12H21N3O2S3/c1-11-4-2-7-15(10-11)20(16,17)14-5-3-8-18-12-13-6-9-19-12/h6,9,11,14H,2-5,7-8,10H2,1H3/t11-/m0/s1. The average Bonchev–Trinajstić information content (AvgIpc) is 2.91. The van der Waals surface area contributed by atoms with Gasteiger partial charge in [0.15, 0.2) is 0 Å². The van der Waals surface area contributed by atoms with Crippen LogP contribution in [-0.2, 0) is 10.2 Å². The molecule has 114 valence electrons. The van der Waals surface area contributed by atoms with Crippen LogP contribution in [-0.4, -0.2) is 43.1 Å². The van der Waals surface area contributed by atoms with Crippen molar-refractivity contribution < 1.29 is 8.42 Å². The number of hydrogen-bond acceptors (Lipinski definition) is 5. The van der Waals surface area contributed by atoms with Gasteiger partial charge in [0.1, 0.15) is 4.34 Å². The van der Waals surface area contributed by atoms with Crippen LogP contribution < -0.4 is 4.72 Å².